The van der Waals surface area contributed by atoms with E-state index >= 15 is 0 Å². The molecule has 0 fully saturated rings. The molecule has 0 bridgehead atoms. The van der Waals surface area contributed by atoms with Crippen molar-refractivity contribution < 1.29 is 8.94 Å². The molecular weight excluding hydrogens is 261 g/mol. The minimum absolute atomic E-state index is 0.417. The van der Waals surface area contributed by atoms with Crippen LogP contribution in [0.25, 0.3) is 0 Å². The number of benzene rings is 1. The standard InChI is InChI=1S/C12H17ClFNOS/c1-12(2,3)17(16)15-11(8-14)9-4-6-10(13)7-5-9/h4-7,11,15H,8H2,1-3H3/t11-,17?/m0/s1. The summed E-state index contributed by atoms with van der Waals surface area (Å²) in [6.45, 7) is 4.91. The van der Waals surface area contributed by atoms with Gasteiger partial charge in [0, 0.05) is 16.4 Å². The summed E-state index contributed by atoms with van der Waals surface area (Å²) in [5, 5.41) is 0.600. The van der Waals surface area contributed by atoms with Crippen LogP contribution >= 0.6 is 11.6 Å². The van der Waals surface area contributed by atoms with Gasteiger partial charge < -0.3 is 4.55 Å². The predicted molar refractivity (Wildman–Crippen MR) is 71.2 cm³/mol. The summed E-state index contributed by atoms with van der Waals surface area (Å²) >= 11 is 4.47. The summed E-state index contributed by atoms with van der Waals surface area (Å²) in [5.41, 5.74) is 0.745. The molecular formula is C12H17ClFNOS. The zero-order chi connectivity index (χ0) is 13.1. The molecule has 0 spiro atoms. The van der Waals surface area contributed by atoms with Crippen LogP contribution in [0.3, 0.4) is 0 Å². The summed E-state index contributed by atoms with van der Waals surface area (Å²) in [5.74, 6) is 0. The Morgan fingerprint density at radius 3 is 2.29 bits per heavy atom. The second-order valence-electron chi connectivity index (χ2n) is 4.76. The lowest BCUT2D eigenvalue weighted by Crippen LogP contribution is -2.41. The number of nitrogens with one attached hydrogen (secondary N) is 1. The summed E-state index contributed by atoms with van der Waals surface area (Å²) in [6.07, 6.45) is 0. The Labute approximate surface area is 110 Å². The first kappa shape index (κ1) is 14.8. The van der Waals surface area contributed by atoms with Gasteiger partial charge in [-0.2, -0.15) is 0 Å². The minimum atomic E-state index is -1.30. The Morgan fingerprint density at radius 1 is 1.35 bits per heavy atom. The summed E-state index contributed by atoms with van der Waals surface area (Å²) < 4.78 is 27.2. The molecule has 1 unspecified atom stereocenters. The van der Waals surface area contributed by atoms with Gasteiger partial charge in [-0.15, -0.1) is 4.72 Å². The Kier molecular flexibility index (Phi) is 5.25. The van der Waals surface area contributed by atoms with Crippen molar-refractivity contribution in [3.05, 3.63) is 34.9 Å². The molecule has 0 amide bonds. The Balaban J connectivity index is 2.75. The molecule has 1 rings (SSSR count). The molecule has 0 radical (unpaired) electrons. The summed E-state index contributed by atoms with van der Waals surface area (Å²) in [6, 6.07) is 6.30. The van der Waals surface area contributed by atoms with Crippen molar-refractivity contribution in [2.75, 3.05) is 6.67 Å². The maximum Gasteiger partial charge on any atom is 0.136 e. The van der Waals surface area contributed by atoms with E-state index in [9.17, 15) is 8.94 Å². The van der Waals surface area contributed by atoms with E-state index in [1.165, 1.54) is 0 Å². The van der Waals surface area contributed by atoms with Crippen LogP contribution in [0.15, 0.2) is 24.3 Å². The second-order valence-corrected chi connectivity index (χ2v) is 7.19. The smallest absolute Gasteiger partial charge is 0.136 e. The molecule has 1 N–H and O–H groups in total. The minimum Gasteiger partial charge on any atom is -0.598 e. The number of rotatable bonds is 4. The van der Waals surface area contributed by atoms with Crippen LogP contribution in [-0.4, -0.2) is 16.0 Å². The normalized spacial score (nSPS) is 15.6. The lowest BCUT2D eigenvalue weighted by Gasteiger charge is -2.27. The number of hydrogen-bond acceptors (Lipinski definition) is 2. The largest absolute Gasteiger partial charge is 0.598 e. The number of halogens is 2. The molecule has 17 heavy (non-hydrogen) atoms. The Morgan fingerprint density at radius 2 is 1.88 bits per heavy atom. The van der Waals surface area contributed by atoms with E-state index in [2.05, 4.69) is 4.72 Å². The highest BCUT2D eigenvalue weighted by Gasteiger charge is 2.29. The van der Waals surface area contributed by atoms with Crippen LogP contribution in [0.1, 0.15) is 32.4 Å². The van der Waals surface area contributed by atoms with Crippen molar-refractivity contribution in [1.82, 2.24) is 4.72 Å². The highest BCUT2D eigenvalue weighted by molar-refractivity contribution is 7.90. The predicted octanol–water partition coefficient (Wildman–Crippen LogP) is 3.40. The molecule has 96 valence electrons. The van der Waals surface area contributed by atoms with E-state index in [-0.39, 0.29) is 0 Å². The van der Waals surface area contributed by atoms with Crippen LogP contribution in [0.5, 0.6) is 0 Å². The van der Waals surface area contributed by atoms with Gasteiger partial charge in [-0.05, 0) is 38.5 Å². The molecule has 5 heteroatoms. The molecule has 0 aliphatic rings. The van der Waals surface area contributed by atoms with E-state index in [4.69, 9.17) is 11.6 Å². The van der Waals surface area contributed by atoms with Crippen LogP contribution in [0.2, 0.25) is 5.02 Å². The maximum absolute atomic E-state index is 13.0. The average molecular weight is 278 g/mol. The summed E-state index contributed by atoms with van der Waals surface area (Å²) in [7, 11) is 0. The fourth-order valence-corrected chi connectivity index (χ4v) is 2.13. The van der Waals surface area contributed by atoms with Gasteiger partial charge in [0.25, 0.3) is 0 Å². The molecule has 0 aromatic heterocycles. The third kappa shape index (κ3) is 4.47. The van der Waals surface area contributed by atoms with E-state index in [1.54, 1.807) is 24.3 Å². The molecule has 0 aliphatic carbocycles. The first-order valence-corrected chi connectivity index (χ1v) is 6.87. The molecule has 0 saturated carbocycles. The quantitative estimate of drug-likeness (QED) is 0.856. The van der Waals surface area contributed by atoms with E-state index < -0.39 is 28.8 Å². The van der Waals surface area contributed by atoms with Crippen LogP contribution in [0, 0.1) is 0 Å². The van der Waals surface area contributed by atoms with Crippen molar-refractivity contribution in [3.63, 3.8) is 0 Å². The van der Waals surface area contributed by atoms with Gasteiger partial charge in [0.1, 0.15) is 17.5 Å². The van der Waals surface area contributed by atoms with Gasteiger partial charge in [-0.25, -0.2) is 4.39 Å². The molecule has 0 heterocycles. The molecule has 1 aromatic rings. The fourth-order valence-electron chi connectivity index (χ4n) is 1.19. The zero-order valence-corrected chi connectivity index (χ0v) is 11.7. The zero-order valence-electron chi connectivity index (χ0n) is 10.2. The maximum atomic E-state index is 13.0. The van der Waals surface area contributed by atoms with Gasteiger partial charge >= 0.3 is 0 Å². The van der Waals surface area contributed by atoms with Crippen LogP contribution < -0.4 is 4.72 Å². The van der Waals surface area contributed by atoms with Crippen LogP contribution in [-0.2, 0) is 11.4 Å². The van der Waals surface area contributed by atoms with Crippen molar-refractivity contribution in [2.24, 2.45) is 0 Å². The lowest BCUT2D eigenvalue weighted by atomic mass is 10.1. The lowest BCUT2D eigenvalue weighted by molar-refractivity contribution is 0.410. The van der Waals surface area contributed by atoms with E-state index in [1.807, 2.05) is 20.8 Å². The summed E-state index contributed by atoms with van der Waals surface area (Å²) in [4.78, 5) is 0. The van der Waals surface area contributed by atoms with Gasteiger partial charge in [-0.1, -0.05) is 23.7 Å². The second kappa shape index (κ2) is 6.05. The molecule has 2 nitrogen and oxygen atoms in total. The van der Waals surface area contributed by atoms with Gasteiger partial charge in [0.05, 0.1) is 0 Å². The third-order valence-electron chi connectivity index (χ3n) is 2.23. The van der Waals surface area contributed by atoms with Gasteiger partial charge in [-0.3, -0.25) is 0 Å². The topological polar surface area (TPSA) is 35.1 Å². The monoisotopic (exact) mass is 277 g/mol. The number of alkyl halides is 1. The third-order valence-corrected chi connectivity index (χ3v) is 4.10. The first-order chi connectivity index (χ1) is 7.84. The molecule has 0 saturated heterocycles. The number of hydrogen-bond donors (Lipinski definition) is 1. The Hall–Kier alpha value is -0.290. The Bertz CT molecular complexity index is 353. The van der Waals surface area contributed by atoms with Crippen molar-refractivity contribution in [2.45, 2.75) is 31.6 Å². The van der Waals surface area contributed by atoms with Gasteiger partial charge in [0.2, 0.25) is 0 Å². The molecule has 1 aromatic carbocycles. The van der Waals surface area contributed by atoms with E-state index in [0.717, 1.165) is 5.56 Å². The molecule has 2 atom stereocenters. The highest BCUT2D eigenvalue weighted by atomic mass is 35.5. The van der Waals surface area contributed by atoms with E-state index in [0.29, 0.717) is 5.02 Å². The van der Waals surface area contributed by atoms with Gasteiger partial charge in [0.15, 0.2) is 0 Å². The fraction of sp³-hybridized carbons (Fsp3) is 0.500. The van der Waals surface area contributed by atoms with Crippen molar-refractivity contribution >= 4 is 23.0 Å². The first-order valence-electron chi connectivity index (χ1n) is 5.34. The van der Waals surface area contributed by atoms with Crippen molar-refractivity contribution in [3.8, 4) is 0 Å². The average Bonchev–Trinajstić information content (AvgIpc) is 2.25. The molecule has 0 aliphatic heterocycles. The van der Waals surface area contributed by atoms with Crippen LogP contribution in [0.4, 0.5) is 4.39 Å². The SMILES string of the molecule is CC(C)(C)[S+]([O-])N[C@@H](CF)c1ccc(Cl)cc1. The highest BCUT2D eigenvalue weighted by Crippen LogP contribution is 2.21. The van der Waals surface area contributed by atoms with Crippen molar-refractivity contribution in [1.29, 1.82) is 0 Å².